The Labute approximate surface area is 189 Å². The first-order valence-corrected chi connectivity index (χ1v) is 12.6. The molecule has 2 N–H and O–H groups in total. The average molecular weight is 462 g/mol. The molecular weight excluding hydrogens is 430 g/mol. The summed E-state index contributed by atoms with van der Waals surface area (Å²) in [6.45, 7) is 5.26. The van der Waals surface area contributed by atoms with Gasteiger partial charge in [-0.25, -0.2) is 8.42 Å². The summed E-state index contributed by atoms with van der Waals surface area (Å²) in [5.74, 6) is -0.894. The van der Waals surface area contributed by atoms with E-state index in [0.717, 1.165) is 31.2 Å². The summed E-state index contributed by atoms with van der Waals surface area (Å²) in [4.78, 5) is 18.8. The molecule has 2 aromatic rings. The lowest BCUT2D eigenvalue weighted by Gasteiger charge is -2.30. The molecule has 0 spiro atoms. The maximum Gasteiger partial charge on any atom is 0.235 e. The molecule has 1 aliphatic heterocycles. The molecule has 1 unspecified atom stereocenters. The van der Waals surface area contributed by atoms with Crippen LogP contribution in [0.1, 0.15) is 36.6 Å². The number of nitrogens with zero attached hydrogens (tertiary/aromatic N) is 2. The van der Waals surface area contributed by atoms with Crippen LogP contribution in [0.3, 0.4) is 0 Å². The summed E-state index contributed by atoms with van der Waals surface area (Å²) in [6, 6.07) is 5.58. The monoisotopic (exact) mass is 461 g/mol. The topological polar surface area (TPSA) is 113 Å². The predicted molar refractivity (Wildman–Crippen MR) is 122 cm³/mol. The van der Waals surface area contributed by atoms with Gasteiger partial charge < -0.3 is 14.8 Å². The van der Waals surface area contributed by atoms with Crippen LogP contribution >= 0.6 is 0 Å². The second-order valence-electron chi connectivity index (χ2n) is 8.48. The van der Waals surface area contributed by atoms with Crippen molar-refractivity contribution in [1.82, 2.24) is 15.2 Å². The van der Waals surface area contributed by atoms with Crippen molar-refractivity contribution in [3.05, 3.63) is 65.6 Å². The molecule has 0 aliphatic carbocycles. The lowest BCUT2D eigenvalue weighted by molar-refractivity contribution is -0.118. The summed E-state index contributed by atoms with van der Waals surface area (Å²) in [6.07, 6.45) is 9.00. The zero-order valence-electron chi connectivity index (χ0n) is 18.4. The second kappa shape index (κ2) is 11.3. The highest BCUT2D eigenvalue weighted by Crippen LogP contribution is 2.18. The minimum Gasteiger partial charge on any atom is -0.511 e. The fraction of sp³-hybridized carbons (Fsp3) is 0.478. The van der Waals surface area contributed by atoms with Crippen molar-refractivity contribution in [2.24, 2.45) is 5.92 Å². The van der Waals surface area contributed by atoms with Gasteiger partial charge in [0.1, 0.15) is 11.5 Å². The Morgan fingerprint density at radius 1 is 1.38 bits per heavy atom. The van der Waals surface area contributed by atoms with Gasteiger partial charge in [0, 0.05) is 37.0 Å². The van der Waals surface area contributed by atoms with Gasteiger partial charge in [0.15, 0.2) is 9.84 Å². The molecular formula is C23H31N3O5S. The van der Waals surface area contributed by atoms with Crippen molar-refractivity contribution in [1.29, 1.82) is 0 Å². The molecule has 3 rings (SSSR count). The number of allylic oxidation sites excluding steroid dienone is 1. The van der Waals surface area contributed by atoms with Gasteiger partial charge in [-0.1, -0.05) is 6.92 Å². The van der Waals surface area contributed by atoms with Gasteiger partial charge in [0.2, 0.25) is 5.91 Å². The van der Waals surface area contributed by atoms with Crippen LogP contribution in [0.25, 0.3) is 0 Å². The van der Waals surface area contributed by atoms with Gasteiger partial charge in [-0.05, 0) is 55.1 Å². The molecule has 1 fully saturated rings. The molecule has 0 radical (unpaired) electrons. The number of nitrogens with one attached hydrogen (secondary N) is 1. The Hall–Kier alpha value is -2.65. The Balaban J connectivity index is 1.44. The first-order valence-electron chi connectivity index (χ1n) is 10.8. The first kappa shape index (κ1) is 24.0. The molecule has 2 aromatic heterocycles. The predicted octanol–water partition coefficient (Wildman–Crippen LogP) is 2.62. The standard InChI is InChI=1S/C23H31N3O5S/c1-18-3-2-9-26(13-18)14-19-6-8-24-21(11-19)4-5-22(27)12-25-23(28)17-32(29,30)16-20-7-10-31-15-20/h5-8,10-11,15,18,27H,2-4,9,12-14,16-17H2,1H3,(H,25,28). The third-order valence-electron chi connectivity index (χ3n) is 5.36. The average Bonchev–Trinajstić information content (AvgIpc) is 3.23. The lowest BCUT2D eigenvalue weighted by atomic mass is 10.00. The number of piperidine rings is 1. The number of aliphatic hydroxyl groups is 1. The fourth-order valence-electron chi connectivity index (χ4n) is 3.84. The van der Waals surface area contributed by atoms with E-state index in [-0.39, 0.29) is 18.1 Å². The molecule has 1 saturated heterocycles. The van der Waals surface area contributed by atoms with Gasteiger partial charge in [0.25, 0.3) is 0 Å². The van der Waals surface area contributed by atoms with Gasteiger partial charge in [-0.2, -0.15) is 0 Å². The maximum atomic E-state index is 12.1. The third kappa shape index (κ3) is 8.12. The summed E-state index contributed by atoms with van der Waals surface area (Å²) >= 11 is 0. The largest absolute Gasteiger partial charge is 0.511 e. The van der Waals surface area contributed by atoms with Gasteiger partial charge in [0.05, 0.1) is 24.8 Å². The quantitative estimate of drug-likeness (QED) is 0.523. The normalized spacial score (nSPS) is 17.9. The van der Waals surface area contributed by atoms with Crippen molar-refractivity contribution in [3.63, 3.8) is 0 Å². The summed E-state index contributed by atoms with van der Waals surface area (Å²) in [5.41, 5.74) is 2.51. The molecule has 174 valence electrons. The number of carbonyl (C=O) groups is 1. The smallest absolute Gasteiger partial charge is 0.235 e. The molecule has 3 heterocycles. The molecule has 1 aliphatic rings. The van der Waals surface area contributed by atoms with Crippen LogP contribution in [0.15, 0.2) is 53.2 Å². The number of aromatic nitrogens is 1. The number of likely N-dealkylation sites (tertiary alicyclic amines) is 1. The van der Waals surface area contributed by atoms with Crippen molar-refractivity contribution >= 4 is 15.7 Å². The SMILES string of the molecule is CC1CCCN(Cc2ccnc(CC=C(O)CNC(=O)CS(=O)(=O)Cc3ccoc3)c2)C1. The van der Waals surface area contributed by atoms with Gasteiger partial charge in [-0.3, -0.25) is 14.7 Å². The van der Waals surface area contributed by atoms with Crippen molar-refractivity contribution in [2.75, 3.05) is 25.4 Å². The Bertz CT molecular complexity index is 1020. The van der Waals surface area contributed by atoms with E-state index in [1.807, 2.05) is 12.1 Å². The van der Waals surface area contributed by atoms with E-state index in [0.29, 0.717) is 12.0 Å². The number of amides is 1. The van der Waals surface area contributed by atoms with Crippen LogP contribution in [0.5, 0.6) is 0 Å². The molecule has 8 nitrogen and oxygen atoms in total. The number of hydrogen-bond acceptors (Lipinski definition) is 7. The van der Waals surface area contributed by atoms with E-state index in [2.05, 4.69) is 22.1 Å². The Kier molecular flexibility index (Phi) is 8.46. The highest BCUT2D eigenvalue weighted by molar-refractivity contribution is 7.91. The summed E-state index contributed by atoms with van der Waals surface area (Å²) in [7, 11) is -3.61. The first-order chi connectivity index (χ1) is 15.3. The van der Waals surface area contributed by atoms with Gasteiger partial charge >= 0.3 is 0 Å². The van der Waals surface area contributed by atoms with E-state index in [9.17, 15) is 18.3 Å². The summed E-state index contributed by atoms with van der Waals surface area (Å²) in [5, 5.41) is 12.5. The highest BCUT2D eigenvalue weighted by Gasteiger charge is 2.18. The maximum absolute atomic E-state index is 12.1. The number of hydrogen-bond donors (Lipinski definition) is 2. The molecule has 1 amide bonds. The number of rotatable bonds is 10. The number of pyridine rings is 1. The molecule has 9 heteroatoms. The summed E-state index contributed by atoms with van der Waals surface area (Å²) < 4.78 is 29.0. The van der Waals surface area contributed by atoms with E-state index in [1.54, 1.807) is 18.3 Å². The molecule has 32 heavy (non-hydrogen) atoms. The number of carbonyl (C=O) groups excluding carboxylic acids is 1. The van der Waals surface area contributed by atoms with Gasteiger partial charge in [-0.15, -0.1) is 0 Å². The molecule has 0 saturated carbocycles. The van der Waals surface area contributed by atoms with E-state index in [1.165, 1.54) is 30.9 Å². The van der Waals surface area contributed by atoms with Crippen LogP contribution in [0.2, 0.25) is 0 Å². The van der Waals surface area contributed by atoms with Crippen LogP contribution in [0.4, 0.5) is 0 Å². The van der Waals surface area contributed by atoms with Crippen molar-refractivity contribution in [3.8, 4) is 0 Å². The Morgan fingerprint density at radius 2 is 2.22 bits per heavy atom. The second-order valence-corrected chi connectivity index (χ2v) is 10.5. The number of furan rings is 1. The van der Waals surface area contributed by atoms with Crippen LogP contribution < -0.4 is 5.32 Å². The van der Waals surface area contributed by atoms with Crippen molar-refractivity contribution < 1.29 is 22.7 Å². The molecule has 1 atom stereocenters. The third-order valence-corrected chi connectivity index (χ3v) is 6.83. The van der Waals surface area contributed by atoms with Crippen LogP contribution in [0, 0.1) is 5.92 Å². The lowest BCUT2D eigenvalue weighted by Crippen LogP contribution is -2.33. The number of sulfone groups is 1. The highest BCUT2D eigenvalue weighted by atomic mass is 32.2. The Morgan fingerprint density at radius 3 is 2.97 bits per heavy atom. The van der Waals surface area contributed by atoms with E-state index in [4.69, 9.17) is 4.42 Å². The van der Waals surface area contributed by atoms with Crippen LogP contribution in [-0.4, -0.2) is 54.7 Å². The molecule has 0 aromatic carbocycles. The number of aliphatic hydroxyl groups excluding tert-OH is 1. The van der Waals surface area contributed by atoms with E-state index >= 15 is 0 Å². The molecule has 0 bridgehead atoms. The van der Waals surface area contributed by atoms with E-state index < -0.39 is 21.5 Å². The zero-order chi connectivity index (χ0) is 23.0. The fourth-order valence-corrected chi connectivity index (χ4v) is 5.12. The van der Waals surface area contributed by atoms with Crippen molar-refractivity contribution in [2.45, 2.75) is 38.5 Å². The zero-order valence-corrected chi connectivity index (χ0v) is 19.2. The minimum absolute atomic E-state index is 0.0392. The van der Waals surface area contributed by atoms with Crippen LogP contribution in [-0.2, 0) is 33.4 Å². The minimum atomic E-state index is -3.61.